The molecule has 1 N–H and O–H groups in total. The maximum atomic E-state index is 10.6. The summed E-state index contributed by atoms with van der Waals surface area (Å²) in [5.74, 6) is 1.01. The molecule has 29 heavy (non-hydrogen) atoms. The number of rotatable bonds is 6. The second-order valence-corrected chi connectivity index (χ2v) is 6.17. The molecule has 0 aliphatic heterocycles. The van der Waals surface area contributed by atoms with Crippen molar-refractivity contribution in [1.29, 1.82) is 5.26 Å². The third-order valence-corrected chi connectivity index (χ3v) is 4.38. The first-order valence-corrected chi connectivity index (χ1v) is 8.92. The molecule has 0 unspecified atom stereocenters. The highest BCUT2D eigenvalue weighted by Crippen LogP contribution is 2.33. The standard InChI is InChI=1S/C20H18N6O3/c1-3-29-18-8-13(9-22-19(18)28-2)16-5-4-15-17(24-16)12-26(20(15)27)14-10-23-25(11-14)7-6-21/h4-5,8-12,27H,3,7H2,1-2H3. The number of hydrogen-bond donors (Lipinski definition) is 1. The molecule has 0 bridgehead atoms. The van der Waals surface area contributed by atoms with Crippen LogP contribution in [0.15, 0.2) is 43.0 Å². The van der Waals surface area contributed by atoms with Crippen LogP contribution in [-0.2, 0) is 6.54 Å². The molecular weight excluding hydrogens is 372 g/mol. The third kappa shape index (κ3) is 3.32. The van der Waals surface area contributed by atoms with E-state index in [0.717, 1.165) is 5.56 Å². The second-order valence-electron chi connectivity index (χ2n) is 6.17. The van der Waals surface area contributed by atoms with Gasteiger partial charge in [0.1, 0.15) is 6.54 Å². The van der Waals surface area contributed by atoms with Crippen molar-refractivity contribution in [2.45, 2.75) is 13.5 Å². The van der Waals surface area contributed by atoms with Crippen LogP contribution in [0.3, 0.4) is 0 Å². The number of methoxy groups -OCH3 is 1. The summed E-state index contributed by atoms with van der Waals surface area (Å²) in [5, 5.41) is 24.1. The highest BCUT2D eigenvalue weighted by molar-refractivity contribution is 5.87. The molecular formula is C20H18N6O3. The number of aromatic hydroxyl groups is 1. The van der Waals surface area contributed by atoms with Gasteiger partial charge in [0.05, 0.1) is 54.5 Å². The number of aromatic nitrogens is 5. The Balaban J connectivity index is 1.75. The molecule has 4 heterocycles. The lowest BCUT2D eigenvalue weighted by atomic mass is 10.1. The van der Waals surface area contributed by atoms with Gasteiger partial charge in [-0.25, -0.2) is 9.97 Å². The first kappa shape index (κ1) is 18.3. The average molecular weight is 390 g/mol. The molecule has 0 saturated carbocycles. The second kappa shape index (κ2) is 7.52. The summed E-state index contributed by atoms with van der Waals surface area (Å²) in [5.41, 5.74) is 2.71. The van der Waals surface area contributed by atoms with Gasteiger partial charge in [-0.3, -0.25) is 9.25 Å². The predicted octanol–water partition coefficient (Wildman–Crippen LogP) is 2.92. The predicted molar refractivity (Wildman–Crippen MR) is 105 cm³/mol. The van der Waals surface area contributed by atoms with Crippen LogP contribution in [-0.4, -0.2) is 43.1 Å². The summed E-state index contributed by atoms with van der Waals surface area (Å²) in [6.07, 6.45) is 6.66. The number of ether oxygens (including phenoxy) is 2. The average Bonchev–Trinajstić information content (AvgIpc) is 3.32. The van der Waals surface area contributed by atoms with Gasteiger partial charge >= 0.3 is 0 Å². The van der Waals surface area contributed by atoms with Gasteiger partial charge < -0.3 is 14.6 Å². The van der Waals surface area contributed by atoms with Crippen LogP contribution < -0.4 is 9.47 Å². The fraction of sp³-hybridized carbons (Fsp3) is 0.200. The summed E-state index contributed by atoms with van der Waals surface area (Å²) in [7, 11) is 1.54. The first-order valence-electron chi connectivity index (χ1n) is 8.92. The van der Waals surface area contributed by atoms with Crippen molar-refractivity contribution in [2.24, 2.45) is 0 Å². The number of nitriles is 1. The Morgan fingerprint density at radius 3 is 2.86 bits per heavy atom. The van der Waals surface area contributed by atoms with E-state index in [1.807, 2.05) is 25.1 Å². The largest absolute Gasteiger partial charge is 0.494 e. The van der Waals surface area contributed by atoms with Crippen molar-refractivity contribution in [3.63, 3.8) is 0 Å². The van der Waals surface area contributed by atoms with E-state index in [1.54, 1.807) is 42.5 Å². The van der Waals surface area contributed by atoms with Gasteiger partial charge in [0.25, 0.3) is 5.88 Å². The molecule has 9 nitrogen and oxygen atoms in total. The van der Waals surface area contributed by atoms with Crippen molar-refractivity contribution in [2.75, 3.05) is 13.7 Å². The van der Waals surface area contributed by atoms with E-state index in [0.29, 0.717) is 40.5 Å². The van der Waals surface area contributed by atoms with Crippen molar-refractivity contribution >= 4 is 10.9 Å². The zero-order valence-electron chi connectivity index (χ0n) is 15.9. The Labute approximate surface area is 166 Å². The SMILES string of the molecule is CCOc1cc(-c2ccc3c(O)n(-c4cnn(CC#N)c4)cc3n2)cnc1OC. The van der Waals surface area contributed by atoms with E-state index in [9.17, 15) is 5.11 Å². The zero-order valence-corrected chi connectivity index (χ0v) is 15.9. The molecule has 9 heteroatoms. The van der Waals surface area contributed by atoms with Crippen LogP contribution in [0.1, 0.15) is 6.92 Å². The van der Waals surface area contributed by atoms with E-state index in [1.165, 1.54) is 4.68 Å². The number of pyridine rings is 2. The molecule has 0 radical (unpaired) electrons. The lowest BCUT2D eigenvalue weighted by molar-refractivity contribution is 0.304. The number of nitrogens with zero attached hydrogens (tertiary/aromatic N) is 6. The fourth-order valence-corrected chi connectivity index (χ4v) is 3.05. The van der Waals surface area contributed by atoms with Crippen LogP contribution in [0.5, 0.6) is 17.5 Å². The Bertz CT molecular complexity index is 1220. The lowest BCUT2D eigenvalue weighted by Gasteiger charge is -2.09. The van der Waals surface area contributed by atoms with Crippen LogP contribution in [0, 0.1) is 11.3 Å². The monoisotopic (exact) mass is 390 g/mol. The molecule has 146 valence electrons. The number of hydrogen-bond acceptors (Lipinski definition) is 7. The molecule has 0 fully saturated rings. The minimum absolute atomic E-state index is 0.0541. The van der Waals surface area contributed by atoms with Crippen molar-refractivity contribution in [3.8, 4) is 40.5 Å². The van der Waals surface area contributed by atoms with Gasteiger partial charge in [0.2, 0.25) is 5.88 Å². The van der Waals surface area contributed by atoms with Crippen molar-refractivity contribution in [1.82, 2.24) is 24.3 Å². The molecule has 0 saturated heterocycles. The van der Waals surface area contributed by atoms with Crippen molar-refractivity contribution in [3.05, 3.63) is 43.0 Å². The maximum Gasteiger partial charge on any atom is 0.256 e. The fourth-order valence-electron chi connectivity index (χ4n) is 3.05. The van der Waals surface area contributed by atoms with E-state index < -0.39 is 0 Å². The highest BCUT2D eigenvalue weighted by Gasteiger charge is 2.15. The molecule has 0 aliphatic carbocycles. The van der Waals surface area contributed by atoms with Gasteiger partial charge in [-0.15, -0.1) is 0 Å². The van der Waals surface area contributed by atoms with Gasteiger partial charge in [-0.05, 0) is 25.1 Å². The van der Waals surface area contributed by atoms with E-state index in [2.05, 4.69) is 15.1 Å². The van der Waals surface area contributed by atoms with Crippen LogP contribution >= 0.6 is 0 Å². The van der Waals surface area contributed by atoms with E-state index in [4.69, 9.17) is 14.7 Å². The lowest BCUT2D eigenvalue weighted by Crippen LogP contribution is -1.98. The Hall–Kier alpha value is -4.06. The molecule has 0 amide bonds. The number of fused-ring (bicyclic) bond motifs is 1. The summed E-state index contributed by atoms with van der Waals surface area (Å²) >= 11 is 0. The summed E-state index contributed by atoms with van der Waals surface area (Å²) in [4.78, 5) is 8.94. The van der Waals surface area contributed by atoms with Gasteiger partial charge in [0.15, 0.2) is 5.75 Å². The van der Waals surface area contributed by atoms with E-state index >= 15 is 0 Å². The third-order valence-electron chi connectivity index (χ3n) is 4.38. The van der Waals surface area contributed by atoms with E-state index in [-0.39, 0.29) is 12.4 Å². The summed E-state index contributed by atoms with van der Waals surface area (Å²) in [6.45, 7) is 2.52. The summed E-state index contributed by atoms with van der Waals surface area (Å²) in [6, 6.07) is 7.46. The highest BCUT2D eigenvalue weighted by atomic mass is 16.5. The Morgan fingerprint density at radius 2 is 2.10 bits per heavy atom. The minimum Gasteiger partial charge on any atom is -0.494 e. The van der Waals surface area contributed by atoms with Gasteiger partial charge in [0, 0.05) is 18.0 Å². The van der Waals surface area contributed by atoms with Gasteiger partial charge in [-0.1, -0.05) is 0 Å². The molecule has 4 aromatic heterocycles. The molecule has 4 rings (SSSR count). The molecule has 0 aromatic carbocycles. The van der Waals surface area contributed by atoms with Crippen LogP contribution in [0.2, 0.25) is 0 Å². The quantitative estimate of drug-likeness (QED) is 0.539. The first-order chi connectivity index (χ1) is 14.1. The Kier molecular flexibility index (Phi) is 4.75. The smallest absolute Gasteiger partial charge is 0.256 e. The Morgan fingerprint density at radius 1 is 1.24 bits per heavy atom. The van der Waals surface area contributed by atoms with Crippen LogP contribution in [0.4, 0.5) is 0 Å². The topological polar surface area (TPSA) is 111 Å². The van der Waals surface area contributed by atoms with Crippen LogP contribution in [0.25, 0.3) is 27.8 Å². The molecule has 4 aromatic rings. The molecule has 0 atom stereocenters. The molecule has 0 spiro atoms. The normalized spacial score (nSPS) is 10.8. The van der Waals surface area contributed by atoms with Crippen molar-refractivity contribution < 1.29 is 14.6 Å². The zero-order chi connectivity index (χ0) is 20.4. The van der Waals surface area contributed by atoms with Gasteiger partial charge in [-0.2, -0.15) is 10.4 Å². The molecule has 0 aliphatic rings. The minimum atomic E-state index is 0.0541. The summed E-state index contributed by atoms with van der Waals surface area (Å²) < 4.78 is 13.9. The maximum absolute atomic E-state index is 10.6.